The Morgan fingerprint density at radius 3 is 2.45 bits per heavy atom. The van der Waals surface area contributed by atoms with E-state index >= 15 is 0 Å². The summed E-state index contributed by atoms with van der Waals surface area (Å²) in [5.74, 6) is 1.17. The number of methoxy groups -OCH3 is 1. The van der Waals surface area contributed by atoms with Gasteiger partial charge in [-0.15, -0.1) is 11.8 Å². The Kier molecular flexibility index (Phi) is 6.31. The molecule has 0 amide bonds. The van der Waals surface area contributed by atoms with Crippen LogP contribution in [0.15, 0.2) is 47.1 Å². The molecule has 0 bridgehead atoms. The molecule has 3 rings (SSSR count). The molecule has 0 heterocycles. The highest BCUT2D eigenvalue weighted by Crippen LogP contribution is 2.59. The van der Waals surface area contributed by atoms with Crippen LogP contribution in [0.3, 0.4) is 0 Å². The summed E-state index contributed by atoms with van der Waals surface area (Å²) in [6.45, 7) is 13.8. The van der Waals surface area contributed by atoms with Gasteiger partial charge in [0.25, 0.3) is 0 Å². The highest BCUT2D eigenvalue weighted by atomic mass is 32.2. The van der Waals surface area contributed by atoms with Crippen LogP contribution in [0.25, 0.3) is 0 Å². The Morgan fingerprint density at radius 2 is 1.86 bits per heavy atom. The zero-order chi connectivity index (χ0) is 21.4. The van der Waals surface area contributed by atoms with Gasteiger partial charge in [-0.25, -0.2) is 0 Å². The van der Waals surface area contributed by atoms with Crippen LogP contribution in [0.4, 0.5) is 0 Å². The van der Waals surface area contributed by atoms with Crippen molar-refractivity contribution < 1.29 is 14.0 Å². The van der Waals surface area contributed by atoms with E-state index in [0.717, 1.165) is 25.0 Å². The molecule has 2 aliphatic carbocycles. The normalized spacial score (nSPS) is 29.8. The maximum atomic E-state index is 12.9. The lowest BCUT2D eigenvalue weighted by Gasteiger charge is -2.48. The zero-order valence-electron chi connectivity index (χ0n) is 19.0. The van der Waals surface area contributed by atoms with E-state index in [9.17, 15) is 4.79 Å². The van der Waals surface area contributed by atoms with Gasteiger partial charge in [0.2, 0.25) is 8.32 Å². The molecule has 1 saturated carbocycles. The Bertz CT molecular complexity index is 768. The number of ether oxygens (including phenoxy) is 1. The SMILES string of the molecule is COC(=O)[C@@H]1[C@@H](Sc2ccccc2)C=C(O[Si](C)(C)C(C)(C)C)[C@@]2(C)CCC[C@@H]12. The molecular formula is C24H36O3SSi. The van der Waals surface area contributed by atoms with Gasteiger partial charge in [-0.05, 0) is 55.1 Å². The lowest BCUT2D eigenvalue weighted by atomic mass is 9.67. The molecule has 4 atom stereocenters. The topological polar surface area (TPSA) is 35.5 Å². The van der Waals surface area contributed by atoms with E-state index in [1.165, 1.54) is 12.0 Å². The first-order valence-electron chi connectivity index (χ1n) is 10.7. The number of allylic oxidation sites excluding steroid dienone is 1. The number of hydrogen-bond acceptors (Lipinski definition) is 4. The average Bonchev–Trinajstić information content (AvgIpc) is 3.04. The first-order valence-corrected chi connectivity index (χ1v) is 14.5. The molecule has 0 N–H and O–H groups in total. The summed E-state index contributed by atoms with van der Waals surface area (Å²) in [4.78, 5) is 14.1. The van der Waals surface area contributed by atoms with E-state index < -0.39 is 8.32 Å². The lowest BCUT2D eigenvalue weighted by Crippen LogP contribution is -2.48. The molecule has 1 fully saturated rings. The zero-order valence-corrected chi connectivity index (χ0v) is 20.8. The molecule has 0 aliphatic heterocycles. The molecule has 1 aromatic rings. The number of carbonyl (C=O) groups is 1. The van der Waals surface area contributed by atoms with E-state index in [0.29, 0.717) is 0 Å². The second-order valence-corrected chi connectivity index (χ2v) is 16.2. The Balaban J connectivity index is 2.04. The molecule has 160 valence electrons. The summed E-state index contributed by atoms with van der Waals surface area (Å²) in [7, 11) is -0.454. The minimum absolute atomic E-state index is 0.0285. The summed E-state index contributed by atoms with van der Waals surface area (Å²) in [5.41, 5.74) is -0.0812. The summed E-state index contributed by atoms with van der Waals surface area (Å²) in [5, 5.41) is 0.167. The predicted molar refractivity (Wildman–Crippen MR) is 123 cm³/mol. The van der Waals surface area contributed by atoms with Crippen LogP contribution in [0.5, 0.6) is 0 Å². The molecule has 5 heteroatoms. The van der Waals surface area contributed by atoms with Crippen molar-refractivity contribution in [2.45, 2.75) is 75.2 Å². The van der Waals surface area contributed by atoms with Gasteiger partial charge in [0, 0.05) is 15.6 Å². The number of benzene rings is 1. The van der Waals surface area contributed by atoms with Crippen LogP contribution in [-0.2, 0) is 14.0 Å². The number of esters is 1. The van der Waals surface area contributed by atoms with E-state index in [2.05, 4.69) is 71.1 Å². The van der Waals surface area contributed by atoms with E-state index in [1.54, 1.807) is 11.8 Å². The van der Waals surface area contributed by atoms with Crippen LogP contribution in [0, 0.1) is 17.3 Å². The summed E-state index contributed by atoms with van der Waals surface area (Å²) < 4.78 is 12.2. The van der Waals surface area contributed by atoms with E-state index in [-0.39, 0.29) is 33.5 Å². The Morgan fingerprint density at radius 1 is 1.21 bits per heavy atom. The quantitative estimate of drug-likeness (QED) is 0.385. The fourth-order valence-corrected chi connectivity index (χ4v) is 6.95. The third-order valence-corrected chi connectivity index (χ3v) is 12.9. The van der Waals surface area contributed by atoms with Crippen molar-refractivity contribution in [2.75, 3.05) is 7.11 Å². The molecule has 0 saturated heterocycles. The maximum absolute atomic E-state index is 12.9. The highest BCUT2D eigenvalue weighted by molar-refractivity contribution is 8.00. The minimum atomic E-state index is -1.97. The predicted octanol–water partition coefficient (Wildman–Crippen LogP) is 6.66. The van der Waals surface area contributed by atoms with Crippen molar-refractivity contribution >= 4 is 26.0 Å². The van der Waals surface area contributed by atoms with Crippen molar-refractivity contribution in [2.24, 2.45) is 17.3 Å². The molecular weight excluding hydrogens is 396 g/mol. The van der Waals surface area contributed by atoms with Gasteiger partial charge in [-0.2, -0.15) is 0 Å². The number of thioether (sulfide) groups is 1. The van der Waals surface area contributed by atoms with Crippen molar-refractivity contribution in [1.82, 2.24) is 0 Å². The number of fused-ring (bicyclic) bond motifs is 1. The van der Waals surface area contributed by atoms with Crippen LogP contribution < -0.4 is 0 Å². The average molecular weight is 433 g/mol. The second-order valence-electron chi connectivity index (χ2n) is 10.3. The van der Waals surface area contributed by atoms with Crippen LogP contribution in [0.2, 0.25) is 18.1 Å². The monoisotopic (exact) mass is 432 g/mol. The number of hydrogen-bond donors (Lipinski definition) is 0. The molecule has 29 heavy (non-hydrogen) atoms. The van der Waals surface area contributed by atoms with Crippen LogP contribution in [-0.4, -0.2) is 26.6 Å². The number of carbonyl (C=O) groups excluding carboxylic acids is 1. The van der Waals surface area contributed by atoms with Crippen molar-refractivity contribution in [3.05, 3.63) is 42.2 Å². The van der Waals surface area contributed by atoms with Crippen molar-refractivity contribution in [3.63, 3.8) is 0 Å². The molecule has 0 unspecified atom stereocenters. The lowest BCUT2D eigenvalue weighted by molar-refractivity contribution is -0.149. The van der Waals surface area contributed by atoms with Gasteiger partial charge in [0.1, 0.15) is 0 Å². The molecule has 0 spiro atoms. The molecule has 3 nitrogen and oxygen atoms in total. The smallest absolute Gasteiger partial charge is 0.310 e. The number of rotatable bonds is 5. The van der Waals surface area contributed by atoms with Crippen molar-refractivity contribution in [1.29, 1.82) is 0 Å². The molecule has 0 radical (unpaired) electrons. The van der Waals surface area contributed by atoms with Crippen molar-refractivity contribution in [3.8, 4) is 0 Å². The standard InChI is InChI=1S/C24H36O3SSi/c1-23(2,3)29(6,7)27-20-16-19(28-17-12-9-8-10-13-17)21(22(25)26-5)18-14-11-15-24(18,20)4/h8-10,12-13,16,18-19,21H,11,14-15H2,1-7H3/t18-,19-,21-,24-/m0/s1. The van der Waals surface area contributed by atoms with Crippen LogP contribution >= 0.6 is 11.8 Å². The summed E-state index contributed by atoms with van der Waals surface area (Å²) in [6.07, 6.45) is 5.53. The Hall–Kier alpha value is -1.20. The molecule has 2 aliphatic rings. The fraction of sp³-hybridized carbons (Fsp3) is 0.625. The Labute approximate surface area is 181 Å². The van der Waals surface area contributed by atoms with Gasteiger partial charge in [-0.3, -0.25) is 4.79 Å². The molecule has 1 aromatic carbocycles. The first-order chi connectivity index (χ1) is 13.5. The highest BCUT2D eigenvalue weighted by Gasteiger charge is 2.56. The molecule has 0 aromatic heterocycles. The van der Waals surface area contributed by atoms with Gasteiger partial charge in [0.05, 0.1) is 18.8 Å². The first kappa shape index (κ1) is 22.5. The fourth-order valence-electron chi connectivity index (χ4n) is 4.52. The van der Waals surface area contributed by atoms with E-state index in [1.807, 2.05) is 6.07 Å². The summed E-state index contributed by atoms with van der Waals surface area (Å²) in [6, 6.07) is 10.4. The summed E-state index contributed by atoms with van der Waals surface area (Å²) >= 11 is 1.76. The van der Waals surface area contributed by atoms with Crippen LogP contribution in [0.1, 0.15) is 47.0 Å². The van der Waals surface area contributed by atoms with E-state index in [4.69, 9.17) is 9.16 Å². The minimum Gasteiger partial charge on any atom is -0.546 e. The van der Waals surface area contributed by atoms with Gasteiger partial charge >= 0.3 is 5.97 Å². The third-order valence-electron chi connectivity index (χ3n) is 7.36. The van der Waals surface area contributed by atoms with Gasteiger partial charge < -0.3 is 9.16 Å². The second kappa shape index (κ2) is 8.14. The largest absolute Gasteiger partial charge is 0.546 e. The van der Waals surface area contributed by atoms with Gasteiger partial charge in [0.15, 0.2) is 0 Å². The maximum Gasteiger partial charge on any atom is 0.310 e. The van der Waals surface area contributed by atoms with Gasteiger partial charge in [-0.1, -0.05) is 52.3 Å². The third kappa shape index (κ3) is 4.31.